The van der Waals surface area contributed by atoms with E-state index < -0.39 is 11.7 Å². The first-order chi connectivity index (χ1) is 8.31. The molecule has 0 fully saturated rings. The van der Waals surface area contributed by atoms with Crippen LogP contribution in [0.2, 0.25) is 5.15 Å². The minimum atomic E-state index is -0.540. The van der Waals surface area contributed by atoms with Crippen molar-refractivity contribution >= 4 is 17.7 Å². The van der Waals surface area contributed by atoms with Crippen molar-refractivity contribution in [1.82, 2.24) is 10.3 Å². The molecule has 0 aromatic carbocycles. The summed E-state index contributed by atoms with van der Waals surface area (Å²) in [6, 6.07) is 3.07. The predicted octanol–water partition coefficient (Wildman–Crippen LogP) is 2.26. The molecule has 1 amide bonds. The quantitative estimate of drug-likeness (QED) is 0.827. The lowest BCUT2D eigenvalue weighted by Crippen LogP contribution is -2.37. The highest BCUT2D eigenvalue weighted by molar-refractivity contribution is 6.29. The van der Waals surface area contributed by atoms with Crippen LogP contribution in [-0.2, 0) is 4.74 Å². The molecule has 3 N–H and O–H groups in total. The van der Waals surface area contributed by atoms with Gasteiger partial charge >= 0.3 is 6.09 Å². The highest BCUT2D eigenvalue weighted by Crippen LogP contribution is 2.14. The van der Waals surface area contributed by atoms with E-state index in [9.17, 15) is 4.79 Å². The lowest BCUT2D eigenvalue weighted by atomic mass is 10.1. The van der Waals surface area contributed by atoms with Gasteiger partial charge in [0.2, 0.25) is 0 Å². The Morgan fingerprint density at radius 1 is 1.56 bits per heavy atom. The lowest BCUT2D eigenvalue weighted by Gasteiger charge is -2.23. The highest BCUT2D eigenvalue weighted by Gasteiger charge is 2.19. The number of halogens is 1. The van der Waals surface area contributed by atoms with Gasteiger partial charge in [0, 0.05) is 12.7 Å². The SMILES string of the molecule is CC(C)(C)OC(=O)NC(CN)c1ccc(Cl)nc1. The number of alkyl carbamates (subject to hydrolysis) is 1. The van der Waals surface area contributed by atoms with Crippen LogP contribution < -0.4 is 11.1 Å². The summed E-state index contributed by atoms with van der Waals surface area (Å²) in [6.45, 7) is 5.65. The molecule has 0 saturated carbocycles. The zero-order valence-electron chi connectivity index (χ0n) is 10.7. The van der Waals surface area contributed by atoms with E-state index in [0.717, 1.165) is 5.56 Å². The van der Waals surface area contributed by atoms with E-state index in [4.69, 9.17) is 22.1 Å². The Morgan fingerprint density at radius 2 is 2.22 bits per heavy atom. The molecule has 1 atom stereocenters. The van der Waals surface area contributed by atoms with Gasteiger partial charge in [-0.25, -0.2) is 9.78 Å². The molecule has 1 aromatic heterocycles. The van der Waals surface area contributed by atoms with Gasteiger partial charge in [-0.2, -0.15) is 0 Å². The molecule has 0 spiro atoms. The number of hydrogen-bond donors (Lipinski definition) is 2. The second-order valence-electron chi connectivity index (χ2n) is 4.85. The Labute approximate surface area is 112 Å². The van der Waals surface area contributed by atoms with E-state index >= 15 is 0 Å². The van der Waals surface area contributed by atoms with Gasteiger partial charge in [0.15, 0.2) is 0 Å². The smallest absolute Gasteiger partial charge is 0.408 e. The Balaban J connectivity index is 2.68. The molecule has 1 aromatic rings. The number of rotatable bonds is 3. The number of nitrogens with two attached hydrogens (primary N) is 1. The third-order valence-electron chi connectivity index (χ3n) is 2.08. The molecular weight excluding hydrogens is 254 g/mol. The topological polar surface area (TPSA) is 77.2 Å². The van der Waals surface area contributed by atoms with Crippen LogP contribution in [0.15, 0.2) is 18.3 Å². The summed E-state index contributed by atoms with van der Waals surface area (Å²) in [5.74, 6) is 0. The monoisotopic (exact) mass is 271 g/mol. The Hall–Kier alpha value is -1.33. The number of pyridine rings is 1. The maximum Gasteiger partial charge on any atom is 0.408 e. The first kappa shape index (κ1) is 14.7. The van der Waals surface area contributed by atoms with Crippen LogP contribution in [0.3, 0.4) is 0 Å². The summed E-state index contributed by atoms with van der Waals surface area (Å²) in [7, 11) is 0. The summed E-state index contributed by atoms with van der Waals surface area (Å²) in [5, 5.41) is 3.08. The third kappa shape index (κ3) is 4.89. The van der Waals surface area contributed by atoms with Crippen LogP contribution in [0.5, 0.6) is 0 Å². The van der Waals surface area contributed by atoms with Crippen LogP contribution in [-0.4, -0.2) is 23.2 Å². The van der Waals surface area contributed by atoms with E-state index in [2.05, 4.69) is 10.3 Å². The van der Waals surface area contributed by atoms with Gasteiger partial charge in [-0.15, -0.1) is 0 Å². The molecule has 0 saturated heterocycles. The van der Waals surface area contributed by atoms with Crippen molar-refractivity contribution in [3.63, 3.8) is 0 Å². The number of carbonyl (C=O) groups is 1. The first-order valence-corrected chi connectivity index (χ1v) is 6.00. The highest BCUT2D eigenvalue weighted by atomic mass is 35.5. The molecule has 1 unspecified atom stereocenters. The number of ether oxygens (including phenoxy) is 1. The number of nitrogens with one attached hydrogen (secondary N) is 1. The molecule has 0 bridgehead atoms. The fourth-order valence-electron chi connectivity index (χ4n) is 1.32. The normalized spacial score (nSPS) is 12.9. The van der Waals surface area contributed by atoms with Crippen molar-refractivity contribution in [1.29, 1.82) is 0 Å². The minimum Gasteiger partial charge on any atom is -0.444 e. The van der Waals surface area contributed by atoms with Gasteiger partial charge in [0.05, 0.1) is 6.04 Å². The molecule has 5 nitrogen and oxygen atoms in total. The Kier molecular flexibility index (Phi) is 4.93. The van der Waals surface area contributed by atoms with E-state index in [1.54, 1.807) is 39.1 Å². The average molecular weight is 272 g/mol. The van der Waals surface area contributed by atoms with Crippen LogP contribution in [0.25, 0.3) is 0 Å². The van der Waals surface area contributed by atoms with Crippen molar-refractivity contribution in [3.05, 3.63) is 29.0 Å². The number of aromatic nitrogens is 1. The molecule has 0 aliphatic heterocycles. The number of hydrogen-bond acceptors (Lipinski definition) is 4. The van der Waals surface area contributed by atoms with Gasteiger partial charge in [0.1, 0.15) is 10.8 Å². The van der Waals surface area contributed by atoms with Crippen molar-refractivity contribution < 1.29 is 9.53 Å². The molecule has 0 aliphatic rings. The molecule has 6 heteroatoms. The van der Waals surface area contributed by atoms with Gasteiger partial charge in [-0.3, -0.25) is 0 Å². The minimum absolute atomic E-state index is 0.253. The standard InChI is InChI=1S/C12H18ClN3O2/c1-12(2,3)18-11(17)16-9(6-14)8-4-5-10(13)15-7-8/h4-5,7,9H,6,14H2,1-3H3,(H,16,17). The van der Waals surface area contributed by atoms with Gasteiger partial charge in [-0.1, -0.05) is 17.7 Å². The summed E-state index contributed by atoms with van der Waals surface area (Å²) in [4.78, 5) is 15.6. The first-order valence-electron chi connectivity index (χ1n) is 5.63. The summed E-state index contributed by atoms with van der Waals surface area (Å²) < 4.78 is 5.16. The van der Waals surface area contributed by atoms with Gasteiger partial charge in [-0.05, 0) is 32.4 Å². The molecule has 0 radical (unpaired) electrons. The van der Waals surface area contributed by atoms with Crippen LogP contribution in [0, 0.1) is 0 Å². The number of carbonyl (C=O) groups excluding carboxylic acids is 1. The van der Waals surface area contributed by atoms with Crippen LogP contribution >= 0.6 is 11.6 Å². The van der Waals surface area contributed by atoms with Gasteiger partial charge in [0.25, 0.3) is 0 Å². The van der Waals surface area contributed by atoms with Crippen molar-refractivity contribution in [2.24, 2.45) is 5.73 Å². The fourth-order valence-corrected chi connectivity index (χ4v) is 1.43. The molecule has 18 heavy (non-hydrogen) atoms. The third-order valence-corrected chi connectivity index (χ3v) is 2.30. The summed E-state index contributed by atoms with van der Waals surface area (Å²) in [6.07, 6.45) is 1.07. The largest absolute Gasteiger partial charge is 0.444 e. The summed E-state index contributed by atoms with van der Waals surface area (Å²) in [5.41, 5.74) is 5.87. The van der Waals surface area contributed by atoms with Crippen molar-refractivity contribution in [2.75, 3.05) is 6.54 Å². The zero-order chi connectivity index (χ0) is 13.8. The second-order valence-corrected chi connectivity index (χ2v) is 5.24. The summed E-state index contributed by atoms with van der Waals surface area (Å²) >= 11 is 5.70. The van der Waals surface area contributed by atoms with E-state index in [1.165, 1.54) is 0 Å². The van der Waals surface area contributed by atoms with E-state index in [-0.39, 0.29) is 12.6 Å². The number of amides is 1. The van der Waals surface area contributed by atoms with Crippen molar-refractivity contribution in [3.8, 4) is 0 Å². The zero-order valence-corrected chi connectivity index (χ0v) is 11.5. The van der Waals surface area contributed by atoms with Gasteiger partial charge < -0.3 is 15.8 Å². The maximum absolute atomic E-state index is 11.6. The predicted molar refractivity (Wildman–Crippen MR) is 70.4 cm³/mol. The Bertz CT molecular complexity index is 401. The molecule has 1 rings (SSSR count). The second kappa shape index (κ2) is 6.02. The molecular formula is C12H18ClN3O2. The van der Waals surface area contributed by atoms with Crippen molar-refractivity contribution in [2.45, 2.75) is 32.4 Å². The van der Waals surface area contributed by atoms with Crippen LogP contribution in [0.4, 0.5) is 4.79 Å². The molecule has 0 aliphatic carbocycles. The lowest BCUT2D eigenvalue weighted by molar-refractivity contribution is 0.0505. The van der Waals surface area contributed by atoms with Crippen LogP contribution in [0.1, 0.15) is 32.4 Å². The fraction of sp³-hybridized carbons (Fsp3) is 0.500. The molecule has 1 heterocycles. The molecule has 100 valence electrons. The maximum atomic E-state index is 11.6. The average Bonchev–Trinajstić information content (AvgIpc) is 2.25. The van der Waals surface area contributed by atoms with E-state index in [0.29, 0.717) is 5.15 Å². The van der Waals surface area contributed by atoms with E-state index in [1.807, 2.05) is 0 Å². The Morgan fingerprint density at radius 3 is 2.67 bits per heavy atom. The number of nitrogens with zero attached hydrogens (tertiary/aromatic N) is 1.